The van der Waals surface area contributed by atoms with Crippen molar-refractivity contribution < 1.29 is 24.2 Å². The van der Waals surface area contributed by atoms with Crippen molar-refractivity contribution in [2.24, 2.45) is 5.73 Å². The summed E-state index contributed by atoms with van der Waals surface area (Å²) >= 11 is 0. The third-order valence-corrected chi connectivity index (χ3v) is 2.76. The van der Waals surface area contributed by atoms with E-state index in [-0.39, 0.29) is 24.9 Å². The lowest BCUT2D eigenvalue weighted by molar-refractivity contribution is -0.142. The average Bonchev–Trinajstić information content (AvgIpc) is 2.50. The second-order valence-corrected chi connectivity index (χ2v) is 4.22. The lowest BCUT2D eigenvalue weighted by atomic mass is 10.1. The van der Waals surface area contributed by atoms with Crippen molar-refractivity contribution in [3.05, 3.63) is 29.6 Å². The first kappa shape index (κ1) is 16.6. The number of hydrogen-bond acceptors (Lipinski definition) is 6. The Morgan fingerprint density at radius 3 is 2.76 bits per heavy atom. The summed E-state index contributed by atoms with van der Waals surface area (Å²) in [5.41, 5.74) is 6.20. The first-order valence-electron chi connectivity index (χ1n) is 6.23. The van der Waals surface area contributed by atoms with Gasteiger partial charge in [0.15, 0.2) is 0 Å². The predicted octanol–water partition coefficient (Wildman–Crippen LogP) is -0.323. The fourth-order valence-electron chi connectivity index (χ4n) is 1.59. The van der Waals surface area contributed by atoms with Crippen molar-refractivity contribution >= 4 is 17.8 Å². The normalized spacial score (nSPS) is 11.5. The summed E-state index contributed by atoms with van der Waals surface area (Å²) in [6.45, 7) is 0.172. The van der Waals surface area contributed by atoms with E-state index in [1.54, 1.807) is 0 Å². The standard InChI is InChI=1S/C13H17N3O5/c1-21-11(17)3-2-10(13(19)20)16-12(18)8-4-5-15-9(6-8)7-14/h4-6,10H,2-3,7,14H2,1H3,(H,16,18)(H,19,20)/t10-/m0/s1. The minimum Gasteiger partial charge on any atom is -0.480 e. The van der Waals surface area contributed by atoms with E-state index < -0.39 is 23.9 Å². The molecule has 0 radical (unpaired) electrons. The number of esters is 1. The quantitative estimate of drug-likeness (QED) is 0.587. The summed E-state index contributed by atoms with van der Waals surface area (Å²) in [7, 11) is 1.21. The second kappa shape index (κ2) is 7.95. The van der Waals surface area contributed by atoms with Crippen LogP contribution in [0.5, 0.6) is 0 Å². The van der Waals surface area contributed by atoms with E-state index in [0.29, 0.717) is 5.69 Å². The Morgan fingerprint density at radius 1 is 1.48 bits per heavy atom. The number of aromatic nitrogens is 1. The summed E-state index contributed by atoms with van der Waals surface area (Å²) < 4.78 is 4.43. The number of pyridine rings is 1. The van der Waals surface area contributed by atoms with Crippen molar-refractivity contribution in [3.8, 4) is 0 Å². The molecule has 0 bridgehead atoms. The lowest BCUT2D eigenvalue weighted by Gasteiger charge is -2.14. The van der Waals surface area contributed by atoms with Gasteiger partial charge in [0, 0.05) is 24.7 Å². The number of ether oxygens (including phenoxy) is 1. The first-order valence-corrected chi connectivity index (χ1v) is 6.23. The lowest BCUT2D eigenvalue weighted by Crippen LogP contribution is -2.41. The molecule has 1 aromatic heterocycles. The zero-order valence-electron chi connectivity index (χ0n) is 11.5. The molecule has 8 heteroatoms. The molecule has 1 amide bonds. The van der Waals surface area contributed by atoms with Crippen LogP contribution in [0.2, 0.25) is 0 Å². The minimum absolute atomic E-state index is 0.0530. The van der Waals surface area contributed by atoms with E-state index in [4.69, 9.17) is 10.8 Å². The van der Waals surface area contributed by atoms with Crippen LogP contribution in [0, 0.1) is 0 Å². The Morgan fingerprint density at radius 2 is 2.19 bits per heavy atom. The topological polar surface area (TPSA) is 132 Å². The van der Waals surface area contributed by atoms with Gasteiger partial charge in [0.1, 0.15) is 6.04 Å². The van der Waals surface area contributed by atoms with Gasteiger partial charge in [-0.25, -0.2) is 4.79 Å². The highest BCUT2D eigenvalue weighted by Gasteiger charge is 2.22. The highest BCUT2D eigenvalue weighted by molar-refractivity contribution is 5.96. The molecule has 1 aromatic rings. The van der Waals surface area contributed by atoms with Gasteiger partial charge in [-0.05, 0) is 18.6 Å². The van der Waals surface area contributed by atoms with Gasteiger partial charge in [0.2, 0.25) is 0 Å². The maximum atomic E-state index is 12.0. The first-order chi connectivity index (χ1) is 9.97. The number of carboxylic acids is 1. The van der Waals surface area contributed by atoms with E-state index in [2.05, 4.69) is 15.0 Å². The molecule has 0 unspecified atom stereocenters. The van der Waals surface area contributed by atoms with Crippen LogP contribution in [-0.4, -0.2) is 41.1 Å². The maximum Gasteiger partial charge on any atom is 0.326 e. The van der Waals surface area contributed by atoms with Crippen LogP contribution in [0.4, 0.5) is 0 Å². The van der Waals surface area contributed by atoms with Crippen molar-refractivity contribution in [1.82, 2.24) is 10.3 Å². The summed E-state index contributed by atoms with van der Waals surface area (Å²) in [5, 5.41) is 11.4. The molecule has 0 saturated carbocycles. The monoisotopic (exact) mass is 295 g/mol. The molecule has 21 heavy (non-hydrogen) atoms. The molecule has 0 aromatic carbocycles. The fourth-order valence-corrected chi connectivity index (χ4v) is 1.59. The van der Waals surface area contributed by atoms with Gasteiger partial charge in [-0.3, -0.25) is 14.6 Å². The van der Waals surface area contributed by atoms with E-state index >= 15 is 0 Å². The average molecular weight is 295 g/mol. The van der Waals surface area contributed by atoms with Crippen molar-refractivity contribution in [3.63, 3.8) is 0 Å². The van der Waals surface area contributed by atoms with Gasteiger partial charge >= 0.3 is 11.9 Å². The van der Waals surface area contributed by atoms with E-state index in [0.717, 1.165) is 0 Å². The molecule has 0 saturated heterocycles. The van der Waals surface area contributed by atoms with Gasteiger partial charge in [0.05, 0.1) is 12.8 Å². The summed E-state index contributed by atoms with van der Waals surface area (Å²) in [6.07, 6.45) is 1.27. The zero-order valence-corrected chi connectivity index (χ0v) is 11.5. The highest BCUT2D eigenvalue weighted by Crippen LogP contribution is 2.05. The molecule has 114 valence electrons. The fraction of sp³-hybridized carbons (Fsp3) is 0.385. The number of nitrogens with one attached hydrogen (secondary N) is 1. The van der Waals surface area contributed by atoms with Gasteiger partial charge < -0.3 is 20.9 Å². The van der Waals surface area contributed by atoms with Crippen LogP contribution < -0.4 is 11.1 Å². The number of nitrogens with two attached hydrogens (primary N) is 1. The van der Waals surface area contributed by atoms with E-state index in [9.17, 15) is 14.4 Å². The summed E-state index contributed by atoms with van der Waals surface area (Å²) in [4.78, 5) is 38.0. The number of carbonyl (C=O) groups excluding carboxylic acids is 2. The van der Waals surface area contributed by atoms with Crippen molar-refractivity contribution in [1.29, 1.82) is 0 Å². The second-order valence-electron chi connectivity index (χ2n) is 4.22. The van der Waals surface area contributed by atoms with Crippen LogP contribution in [0.15, 0.2) is 18.3 Å². The highest BCUT2D eigenvalue weighted by atomic mass is 16.5. The molecule has 1 rings (SSSR count). The van der Waals surface area contributed by atoms with Gasteiger partial charge in [-0.2, -0.15) is 0 Å². The summed E-state index contributed by atoms with van der Waals surface area (Å²) in [6, 6.07) is 1.76. The summed E-state index contributed by atoms with van der Waals surface area (Å²) in [5.74, 6) is -2.32. The van der Waals surface area contributed by atoms with E-state index in [1.807, 2.05) is 0 Å². The molecule has 1 atom stereocenters. The van der Waals surface area contributed by atoms with E-state index in [1.165, 1.54) is 25.4 Å². The number of hydrogen-bond donors (Lipinski definition) is 3. The molecular formula is C13H17N3O5. The van der Waals surface area contributed by atoms with Crippen LogP contribution in [-0.2, 0) is 20.9 Å². The molecule has 0 aliphatic rings. The molecular weight excluding hydrogens is 278 g/mol. The Labute approximate surface area is 121 Å². The molecule has 0 aliphatic heterocycles. The number of amides is 1. The van der Waals surface area contributed by atoms with Crippen LogP contribution >= 0.6 is 0 Å². The largest absolute Gasteiger partial charge is 0.480 e. The third kappa shape index (κ3) is 5.19. The third-order valence-electron chi connectivity index (χ3n) is 2.76. The Bertz CT molecular complexity index is 532. The SMILES string of the molecule is COC(=O)CC[C@H](NC(=O)c1ccnc(CN)c1)C(=O)O. The number of rotatable bonds is 7. The molecule has 8 nitrogen and oxygen atoms in total. The minimum atomic E-state index is -1.22. The number of aliphatic carboxylic acids is 1. The Balaban J connectivity index is 2.71. The predicted molar refractivity (Wildman–Crippen MR) is 72.3 cm³/mol. The number of methoxy groups -OCH3 is 1. The number of carboxylic acid groups (broad SMARTS) is 1. The van der Waals surface area contributed by atoms with Gasteiger partial charge in [0.25, 0.3) is 5.91 Å². The van der Waals surface area contributed by atoms with Crippen LogP contribution in [0.3, 0.4) is 0 Å². The Hall–Kier alpha value is -2.48. The number of carbonyl (C=O) groups is 3. The van der Waals surface area contributed by atoms with Crippen LogP contribution in [0.25, 0.3) is 0 Å². The van der Waals surface area contributed by atoms with Crippen LogP contribution in [0.1, 0.15) is 28.9 Å². The molecule has 0 fully saturated rings. The zero-order chi connectivity index (χ0) is 15.8. The molecule has 4 N–H and O–H groups in total. The smallest absolute Gasteiger partial charge is 0.326 e. The molecule has 1 heterocycles. The molecule has 0 spiro atoms. The van der Waals surface area contributed by atoms with Crippen molar-refractivity contribution in [2.75, 3.05) is 7.11 Å². The van der Waals surface area contributed by atoms with Crippen molar-refractivity contribution in [2.45, 2.75) is 25.4 Å². The number of nitrogens with zero attached hydrogens (tertiary/aromatic N) is 1. The Kier molecular flexibility index (Phi) is 6.28. The maximum absolute atomic E-state index is 12.0. The van der Waals surface area contributed by atoms with Gasteiger partial charge in [-0.15, -0.1) is 0 Å². The molecule has 0 aliphatic carbocycles. The van der Waals surface area contributed by atoms with Gasteiger partial charge in [-0.1, -0.05) is 0 Å².